The monoisotopic (exact) mass is 223 g/mol. The van der Waals surface area contributed by atoms with Crippen molar-refractivity contribution < 1.29 is 9.59 Å². The number of hydrogen-bond donors (Lipinski definition) is 1. The largest absolute Gasteiger partial charge is 0.349 e. The third-order valence-corrected chi connectivity index (χ3v) is 2.72. The Hall–Kier alpha value is -1.29. The molecule has 1 N–H and O–H groups in total. The van der Waals surface area contributed by atoms with E-state index in [9.17, 15) is 9.59 Å². The summed E-state index contributed by atoms with van der Waals surface area (Å²) in [6.45, 7) is 0.496. The maximum absolute atomic E-state index is 10.6. The molecule has 1 amide bonds. The van der Waals surface area contributed by atoms with Crippen LogP contribution < -0.4 is 5.32 Å². The maximum Gasteiger partial charge on any atom is 0.284 e. The van der Waals surface area contributed by atoms with E-state index in [4.69, 9.17) is 0 Å². The molecule has 0 aromatic heterocycles. The first kappa shape index (κ1) is 11.8. The van der Waals surface area contributed by atoms with Crippen LogP contribution in [0, 0.1) is 0 Å². The Morgan fingerprint density at radius 3 is 2.60 bits per heavy atom. The first-order chi connectivity index (χ1) is 7.26. The first-order valence-electron chi connectivity index (χ1n) is 4.62. The van der Waals surface area contributed by atoms with Gasteiger partial charge in [-0.1, -0.05) is 12.1 Å². The second kappa shape index (κ2) is 6.24. The van der Waals surface area contributed by atoms with E-state index in [1.54, 1.807) is 11.8 Å². The minimum Gasteiger partial charge on any atom is -0.349 e. The molecule has 0 spiro atoms. The second-order valence-electron chi connectivity index (χ2n) is 3.01. The van der Waals surface area contributed by atoms with Crippen LogP contribution in [-0.4, -0.2) is 25.0 Å². The smallest absolute Gasteiger partial charge is 0.284 e. The van der Waals surface area contributed by atoms with E-state index in [1.165, 1.54) is 4.90 Å². The van der Waals surface area contributed by atoms with Gasteiger partial charge < -0.3 is 5.32 Å². The molecule has 0 aliphatic carbocycles. The first-order valence-corrected chi connectivity index (χ1v) is 5.84. The zero-order valence-corrected chi connectivity index (χ0v) is 9.34. The van der Waals surface area contributed by atoms with E-state index >= 15 is 0 Å². The molecule has 1 rings (SSSR count). The number of hydrogen-bond acceptors (Lipinski definition) is 3. The molecule has 0 bridgehead atoms. The van der Waals surface area contributed by atoms with E-state index in [1.807, 2.05) is 30.5 Å². The van der Waals surface area contributed by atoms with Gasteiger partial charge in [0.25, 0.3) is 5.91 Å². The molecule has 15 heavy (non-hydrogen) atoms. The molecular weight excluding hydrogens is 210 g/mol. The summed E-state index contributed by atoms with van der Waals surface area (Å²) in [6, 6.07) is 8.14. The van der Waals surface area contributed by atoms with Crippen molar-refractivity contribution in [1.29, 1.82) is 0 Å². The number of carbonyl (C=O) groups excluding carboxylic acids is 2. The van der Waals surface area contributed by atoms with Crippen LogP contribution in [0.1, 0.15) is 5.56 Å². The summed E-state index contributed by atoms with van der Waals surface area (Å²) in [5, 5.41) is 2.50. The quantitative estimate of drug-likeness (QED) is 0.464. The van der Waals surface area contributed by atoms with Crippen molar-refractivity contribution in [3.8, 4) is 0 Å². The van der Waals surface area contributed by atoms with E-state index in [0.717, 1.165) is 12.0 Å². The standard InChI is InChI=1S/C11H13NO2S/c1-15-10-4-2-9(3-5-10)6-7-12-11(14)8-13/h2-5,8H,6-7H2,1H3,(H,12,14). The van der Waals surface area contributed by atoms with E-state index < -0.39 is 5.91 Å². The van der Waals surface area contributed by atoms with Crippen molar-refractivity contribution >= 4 is 24.0 Å². The third kappa shape index (κ3) is 4.16. The average molecular weight is 223 g/mol. The fraction of sp³-hybridized carbons (Fsp3) is 0.273. The summed E-state index contributed by atoms with van der Waals surface area (Å²) in [6.07, 6.45) is 3.06. The van der Waals surface area contributed by atoms with Crippen molar-refractivity contribution in [2.75, 3.05) is 12.8 Å². The van der Waals surface area contributed by atoms with Crippen molar-refractivity contribution in [2.24, 2.45) is 0 Å². The molecule has 0 fully saturated rings. The van der Waals surface area contributed by atoms with Gasteiger partial charge in [0.15, 0.2) is 0 Å². The lowest BCUT2D eigenvalue weighted by Gasteiger charge is -2.02. The van der Waals surface area contributed by atoms with Gasteiger partial charge in [0, 0.05) is 11.4 Å². The van der Waals surface area contributed by atoms with Gasteiger partial charge in [-0.2, -0.15) is 0 Å². The highest BCUT2D eigenvalue weighted by Crippen LogP contribution is 2.14. The fourth-order valence-corrected chi connectivity index (χ4v) is 1.57. The van der Waals surface area contributed by atoms with Crippen LogP contribution in [0.3, 0.4) is 0 Å². The predicted molar refractivity (Wildman–Crippen MR) is 61.0 cm³/mol. The zero-order valence-electron chi connectivity index (χ0n) is 8.53. The highest BCUT2D eigenvalue weighted by atomic mass is 32.2. The molecule has 0 aliphatic heterocycles. The lowest BCUT2D eigenvalue weighted by molar-refractivity contribution is -0.131. The van der Waals surface area contributed by atoms with Gasteiger partial charge in [-0.3, -0.25) is 9.59 Å². The number of amides is 1. The number of aldehydes is 1. The Bertz CT molecular complexity index is 335. The Morgan fingerprint density at radius 2 is 2.07 bits per heavy atom. The van der Waals surface area contributed by atoms with Crippen LogP contribution in [0.2, 0.25) is 0 Å². The molecule has 0 saturated heterocycles. The minimum absolute atomic E-state index is 0.289. The molecule has 0 heterocycles. The highest BCUT2D eigenvalue weighted by molar-refractivity contribution is 7.98. The molecule has 0 radical (unpaired) electrons. The van der Waals surface area contributed by atoms with Crippen molar-refractivity contribution in [3.63, 3.8) is 0 Å². The topological polar surface area (TPSA) is 46.2 Å². The molecule has 0 atom stereocenters. The summed E-state index contributed by atoms with van der Waals surface area (Å²) in [4.78, 5) is 21.9. The summed E-state index contributed by atoms with van der Waals surface area (Å²) in [5.74, 6) is -0.560. The van der Waals surface area contributed by atoms with Crippen LogP contribution in [0.25, 0.3) is 0 Å². The molecule has 0 unspecified atom stereocenters. The number of nitrogens with one attached hydrogen (secondary N) is 1. The van der Waals surface area contributed by atoms with Crippen molar-refractivity contribution in [2.45, 2.75) is 11.3 Å². The Kier molecular flexibility index (Phi) is 4.90. The van der Waals surface area contributed by atoms with Gasteiger partial charge in [0.05, 0.1) is 0 Å². The second-order valence-corrected chi connectivity index (χ2v) is 3.89. The Labute approximate surface area is 93.3 Å². The number of benzene rings is 1. The van der Waals surface area contributed by atoms with Gasteiger partial charge >= 0.3 is 0 Å². The Balaban J connectivity index is 2.37. The lowest BCUT2D eigenvalue weighted by Crippen LogP contribution is -2.26. The summed E-state index contributed by atoms with van der Waals surface area (Å²) in [5.41, 5.74) is 1.15. The molecule has 0 aliphatic rings. The van der Waals surface area contributed by atoms with Crippen molar-refractivity contribution in [1.82, 2.24) is 5.32 Å². The molecular formula is C11H13NO2S. The summed E-state index contributed by atoms with van der Waals surface area (Å²) < 4.78 is 0. The van der Waals surface area contributed by atoms with Gasteiger partial charge in [0.1, 0.15) is 0 Å². The number of carbonyl (C=O) groups is 2. The van der Waals surface area contributed by atoms with Gasteiger partial charge in [-0.05, 0) is 30.4 Å². The van der Waals surface area contributed by atoms with Crippen molar-refractivity contribution in [3.05, 3.63) is 29.8 Å². The maximum atomic E-state index is 10.6. The number of thioether (sulfide) groups is 1. The zero-order chi connectivity index (χ0) is 11.1. The van der Waals surface area contributed by atoms with E-state index in [2.05, 4.69) is 5.32 Å². The summed E-state index contributed by atoms with van der Waals surface area (Å²) in [7, 11) is 0. The van der Waals surface area contributed by atoms with Crippen LogP contribution in [-0.2, 0) is 16.0 Å². The Morgan fingerprint density at radius 1 is 1.40 bits per heavy atom. The third-order valence-electron chi connectivity index (χ3n) is 1.98. The molecule has 1 aromatic carbocycles. The van der Waals surface area contributed by atoms with E-state index in [-0.39, 0.29) is 6.29 Å². The number of rotatable bonds is 5. The van der Waals surface area contributed by atoms with Crippen LogP contribution in [0.15, 0.2) is 29.2 Å². The fourth-order valence-electron chi connectivity index (χ4n) is 1.16. The highest BCUT2D eigenvalue weighted by Gasteiger charge is 1.97. The molecule has 0 saturated carbocycles. The molecule has 3 nitrogen and oxygen atoms in total. The minimum atomic E-state index is -0.560. The normalized spacial score (nSPS) is 9.67. The van der Waals surface area contributed by atoms with Gasteiger partial charge in [-0.25, -0.2) is 0 Å². The predicted octanol–water partition coefficient (Wildman–Crippen LogP) is 1.27. The summed E-state index contributed by atoms with van der Waals surface area (Å²) >= 11 is 1.69. The average Bonchev–Trinajstić information content (AvgIpc) is 2.29. The van der Waals surface area contributed by atoms with Gasteiger partial charge in [0.2, 0.25) is 6.29 Å². The molecule has 80 valence electrons. The van der Waals surface area contributed by atoms with Crippen LogP contribution in [0.4, 0.5) is 0 Å². The van der Waals surface area contributed by atoms with Gasteiger partial charge in [-0.15, -0.1) is 11.8 Å². The van der Waals surface area contributed by atoms with Crippen LogP contribution >= 0.6 is 11.8 Å². The van der Waals surface area contributed by atoms with E-state index in [0.29, 0.717) is 6.54 Å². The molecule has 4 heteroatoms. The SMILES string of the molecule is CSc1ccc(CCNC(=O)C=O)cc1. The lowest BCUT2D eigenvalue weighted by atomic mass is 10.1. The molecule has 1 aromatic rings. The van der Waals surface area contributed by atoms with Crippen LogP contribution in [0.5, 0.6) is 0 Å².